The molecule has 3 rings (SSSR count). The van der Waals surface area contributed by atoms with Crippen LogP contribution in [0.2, 0.25) is 0 Å². The quantitative estimate of drug-likeness (QED) is 0.622. The minimum atomic E-state index is -0.443. The topological polar surface area (TPSA) is 47.9 Å². The minimum Gasteiger partial charge on any atom is -0.454 e. The van der Waals surface area contributed by atoms with E-state index < -0.39 is 5.54 Å². The van der Waals surface area contributed by atoms with Gasteiger partial charge in [-0.25, -0.2) is 4.79 Å². The Kier molecular flexibility index (Phi) is 2.88. The van der Waals surface area contributed by atoms with E-state index in [1.807, 2.05) is 12.1 Å². The predicted octanol–water partition coefficient (Wildman–Crippen LogP) is 3.28. The number of hydrogen-bond donors (Lipinski definition) is 0. The number of aliphatic imine (C=N–C) groups is 1. The molecule has 1 aromatic rings. The van der Waals surface area contributed by atoms with Crippen LogP contribution >= 0.6 is 15.9 Å². The number of isocyanates is 1. The third-order valence-electron chi connectivity index (χ3n) is 3.67. The van der Waals surface area contributed by atoms with Crippen molar-refractivity contribution in [1.82, 2.24) is 0 Å². The lowest BCUT2D eigenvalue weighted by molar-refractivity contribution is 0.173. The molecule has 2 aliphatic rings. The predicted molar refractivity (Wildman–Crippen MR) is 68.5 cm³/mol. The summed E-state index contributed by atoms with van der Waals surface area (Å²) < 4.78 is 11.6. The molecule has 4 nitrogen and oxygen atoms in total. The van der Waals surface area contributed by atoms with E-state index in [-0.39, 0.29) is 6.79 Å². The van der Waals surface area contributed by atoms with Gasteiger partial charge in [-0.3, -0.25) is 0 Å². The van der Waals surface area contributed by atoms with Gasteiger partial charge in [0.15, 0.2) is 11.5 Å². The molecule has 0 N–H and O–H groups in total. The van der Waals surface area contributed by atoms with E-state index >= 15 is 0 Å². The van der Waals surface area contributed by atoms with Crippen LogP contribution in [-0.2, 0) is 10.3 Å². The van der Waals surface area contributed by atoms with E-state index in [2.05, 4.69) is 20.9 Å². The van der Waals surface area contributed by atoms with E-state index in [1.165, 1.54) is 0 Å². The van der Waals surface area contributed by atoms with Gasteiger partial charge in [0.05, 0.1) is 10.0 Å². The largest absolute Gasteiger partial charge is 0.454 e. The number of rotatable bonds is 2. The maximum Gasteiger partial charge on any atom is 0.235 e. The van der Waals surface area contributed by atoms with Crippen LogP contribution in [0.15, 0.2) is 21.6 Å². The third kappa shape index (κ3) is 1.66. The lowest BCUT2D eigenvalue weighted by atomic mass is 9.88. The summed E-state index contributed by atoms with van der Waals surface area (Å²) in [6, 6.07) is 3.84. The summed E-state index contributed by atoms with van der Waals surface area (Å²) >= 11 is 3.55. The zero-order chi connectivity index (χ0) is 12.6. The Morgan fingerprint density at radius 2 is 2.06 bits per heavy atom. The monoisotopic (exact) mass is 309 g/mol. The molecular formula is C13H12BrNO3. The highest BCUT2D eigenvalue weighted by Gasteiger charge is 2.39. The SMILES string of the molecule is O=C=NC1(c2ccc3c(c2Br)OCO3)CCCC1. The van der Waals surface area contributed by atoms with Gasteiger partial charge in [0.1, 0.15) is 0 Å². The number of ether oxygens (including phenoxy) is 2. The first-order valence-corrected chi connectivity index (χ1v) is 6.74. The normalized spacial score (nSPS) is 19.6. The van der Waals surface area contributed by atoms with E-state index in [0.717, 1.165) is 41.5 Å². The van der Waals surface area contributed by atoms with Crippen LogP contribution in [-0.4, -0.2) is 12.9 Å². The van der Waals surface area contributed by atoms with Crippen LogP contribution in [0.3, 0.4) is 0 Å². The second-order valence-corrected chi connectivity index (χ2v) is 5.40. The first-order chi connectivity index (χ1) is 8.77. The summed E-state index contributed by atoms with van der Waals surface area (Å²) in [6.07, 6.45) is 5.63. The van der Waals surface area contributed by atoms with Crippen molar-refractivity contribution >= 4 is 22.0 Å². The molecule has 1 fully saturated rings. The Morgan fingerprint density at radius 1 is 1.28 bits per heavy atom. The molecule has 1 aromatic carbocycles. The van der Waals surface area contributed by atoms with Gasteiger partial charge >= 0.3 is 0 Å². The average Bonchev–Trinajstić information content (AvgIpc) is 2.99. The number of fused-ring (bicyclic) bond motifs is 1. The summed E-state index contributed by atoms with van der Waals surface area (Å²) in [4.78, 5) is 14.8. The fourth-order valence-corrected chi connectivity index (χ4v) is 3.60. The summed E-state index contributed by atoms with van der Waals surface area (Å²) in [7, 11) is 0. The van der Waals surface area contributed by atoms with Gasteiger partial charge in [0, 0.05) is 0 Å². The summed E-state index contributed by atoms with van der Waals surface area (Å²) in [5.41, 5.74) is 0.550. The van der Waals surface area contributed by atoms with Crippen LogP contribution in [0, 0.1) is 0 Å². The lowest BCUT2D eigenvalue weighted by Crippen LogP contribution is -2.19. The van der Waals surface area contributed by atoms with Crippen LogP contribution in [0.25, 0.3) is 0 Å². The van der Waals surface area contributed by atoms with E-state index in [0.29, 0.717) is 5.75 Å². The van der Waals surface area contributed by atoms with Crippen molar-refractivity contribution in [2.45, 2.75) is 31.2 Å². The molecule has 0 bridgehead atoms. The average molecular weight is 310 g/mol. The maximum absolute atomic E-state index is 10.7. The molecule has 18 heavy (non-hydrogen) atoms. The van der Waals surface area contributed by atoms with Crippen molar-refractivity contribution in [2.24, 2.45) is 4.99 Å². The van der Waals surface area contributed by atoms with Gasteiger partial charge in [-0.05, 0) is 40.4 Å². The van der Waals surface area contributed by atoms with Crippen molar-refractivity contribution in [2.75, 3.05) is 6.79 Å². The van der Waals surface area contributed by atoms with Crippen LogP contribution in [0.4, 0.5) is 0 Å². The Labute approximate surface area is 113 Å². The molecule has 0 radical (unpaired) electrons. The van der Waals surface area contributed by atoms with Crippen LogP contribution in [0.5, 0.6) is 11.5 Å². The molecule has 0 saturated heterocycles. The third-order valence-corrected chi connectivity index (χ3v) is 4.46. The number of benzene rings is 1. The standard InChI is InChI=1S/C13H12BrNO3/c14-11-9(3-4-10-12(11)18-8-17-10)13(15-7-16)5-1-2-6-13/h3-4H,1-2,5-6,8H2. The maximum atomic E-state index is 10.7. The fraction of sp³-hybridized carbons (Fsp3) is 0.462. The Bertz CT molecular complexity index is 531. The number of nitrogens with zero attached hydrogens (tertiary/aromatic N) is 1. The Morgan fingerprint density at radius 3 is 2.78 bits per heavy atom. The van der Waals surface area contributed by atoms with Gasteiger partial charge in [0.2, 0.25) is 12.9 Å². The highest BCUT2D eigenvalue weighted by Crippen LogP contribution is 2.50. The molecule has 1 aliphatic carbocycles. The zero-order valence-corrected chi connectivity index (χ0v) is 11.3. The molecule has 0 unspecified atom stereocenters. The van der Waals surface area contributed by atoms with Crippen molar-refractivity contribution in [3.8, 4) is 11.5 Å². The molecule has 0 atom stereocenters. The van der Waals surface area contributed by atoms with Gasteiger partial charge in [0.25, 0.3) is 0 Å². The molecule has 0 amide bonds. The van der Waals surface area contributed by atoms with E-state index in [1.54, 1.807) is 6.08 Å². The molecular weight excluding hydrogens is 298 g/mol. The fourth-order valence-electron chi connectivity index (χ4n) is 2.79. The molecule has 0 spiro atoms. The molecule has 94 valence electrons. The first kappa shape index (κ1) is 11.8. The number of halogens is 1. The Balaban J connectivity index is 2.13. The molecule has 1 saturated carbocycles. The van der Waals surface area contributed by atoms with Gasteiger partial charge < -0.3 is 9.47 Å². The molecule has 1 heterocycles. The minimum absolute atomic E-state index is 0.237. The van der Waals surface area contributed by atoms with Crippen molar-refractivity contribution in [3.05, 3.63) is 22.2 Å². The van der Waals surface area contributed by atoms with Crippen molar-refractivity contribution in [3.63, 3.8) is 0 Å². The smallest absolute Gasteiger partial charge is 0.235 e. The van der Waals surface area contributed by atoms with Gasteiger partial charge in [-0.15, -0.1) is 0 Å². The highest BCUT2D eigenvalue weighted by atomic mass is 79.9. The first-order valence-electron chi connectivity index (χ1n) is 5.94. The van der Waals surface area contributed by atoms with Crippen molar-refractivity contribution < 1.29 is 14.3 Å². The molecule has 5 heteroatoms. The van der Waals surface area contributed by atoms with Crippen LogP contribution in [0.1, 0.15) is 31.2 Å². The van der Waals surface area contributed by atoms with Crippen LogP contribution < -0.4 is 9.47 Å². The highest BCUT2D eigenvalue weighted by molar-refractivity contribution is 9.10. The van der Waals surface area contributed by atoms with Gasteiger partial charge in [-0.2, -0.15) is 4.99 Å². The Hall–Kier alpha value is -1.32. The lowest BCUT2D eigenvalue weighted by Gasteiger charge is -2.24. The van der Waals surface area contributed by atoms with E-state index in [4.69, 9.17) is 9.47 Å². The van der Waals surface area contributed by atoms with Crippen molar-refractivity contribution in [1.29, 1.82) is 0 Å². The zero-order valence-electron chi connectivity index (χ0n) is 9.74. The summed E-state index contributed by atoms with van der Waals surface area (Å²) in [5.74, 6) is 1.44. The summed E-state index contributed by atoms with van der Waals surface area (Å²) in [5, 5.41) is 0. The summed E-state index contributed by atoms with van der Waals surface area (Å²) in [6.45, 7) is 0.237. The molecule has 0 aromatic heterocycles. The van der Waals surface area contributed by atoms with E-state index in [9.17, 15) is 4.79 Å². The second-order valence-electron chi connectivity index (χ2n) is 4.60. The molecule has 1 aliphatic heterocycles. The number of hydrogen-bond acceptors (Lipinski definition) is 4. The second kappa shape index (κ2) is 4.41. The number of carbonyl (C=O) groups excluding carboxylic acids is 1. The van der Waals surface area contributed by atoms with Gasteiger partial charge in [-0.1, -0.05) is 18.9 Å².